The Labute approximate surface area is 367 Å². The van der Waals surface area contributed by atoms with E-state index in [0.717, 1.165) is 91.3 Å². The Bertz CT molecular complexity index is 3920. The first kappa shape index (κ1) is 35.2. The minimum atomic E-state index is 0.827. The van der Waals surface area contributed by atoms with Gasteiger partial charge in [0.1, 0.15) is 11.4 Å². The molecule has 64 heavy (non-hydrogen) atoms. The number of aromatic nitrogens is 6. The molecule has 0 radical (unpaired) electrons. The summed E-state index contributed by atoms with van der Waals surface area (Å²) in [6, 6.07) is 66.0. The normalized spacial score (nSPS) is 12.8. The van der Waals surface area contributed by atoms with E-state index < -0.39 is 0 Å². The van der Waals surface area contributed by atoms with Crippen LogP contribution in [0.15, 0.2) is 200 Å². The number of nitrogens with zero attached hydrogens (tertiary/aromatic N) is 6. The lowest BCUT2D eigenvalue weighted by molar-refractivity contribution is 0.920. The van der Waals surface area contributed by atoms with Gasteiger partial charge in [-0.1, -0.05) is 140 Å². The van der Waals surface area contributed by atoms with Crippen LogP contribution in [0.1, 0.15) is 17.7 Å². The lowest BCUT2D eigenvalue weighted by Crippen LogP contribution is -2.16. The second-order valence-electron chi connectivity index (χ2n) is 16.8. The highest BCUT2D eigenvalue weighted by molar-refractivity contribution is 6.14. The Morgan fingerprint density at radius 3 is 1.20 bits per heavy atom. The first-order chi connectivity index (χ1) is 31.8. The molecule has 6 nitrogen and oxygen atoms in total. The molecule has 6 heterocycles. The number of hydrogen-bond acceptors (Lipinski definition) is 2. The molecule has 6 heteroatoms. The molecule has 0 amide bonds. The Morgan fingerprint density at radius 2 is 0.766 bits per heavy atom. The number of aryl methyl sites for hydroxylation is 1. The zero-order chi connectivity index (χ0) is 41.9. The van der Waals surface area contributed by atoms with E-state index in [-0.39, 0.29) is 0 Å². The molecule has 0 fully saturated rings. The van der Waals surface area contributed by atoms with Crippen LogP contribution in [0.5, 0.6) is 0 Å². The summed E-state index contributed by atoms with van der Waals surface area (Å²) in [6.45, 7) is 0. The number of para-hydroxylation sites is 7. The predicted octanol–water partition coefficient (Wildman–Crippen LogP) is 14.3. The fourth-order valence-electron chi connectivity index (χ4n) is 11.0. The Balaban J connectivity index is 1.32. The second-order valence-corrected chi connectivity index (χ2v) is 16.8. The first-order valence-corrected chi connectivity index (χ1v) is 22.1. The molecule has 0 N–H and O–H groups in total. The number of allylic oxidation sites excluding steroid dienone is 1. The molecule has 300 valence electrons. The number of benzene rings is 7. The summed E-state index contributed by atoms with van der Waals surface area (Å²) in [5.41, 5.74) is 14.2. The Hall–Kier alpha value is -8.48. The summed E-state index contributed by atoms with van der Waals surface area (Å²) in [5, 5.41) is 8.34. The average Bonchev–Trinajstić information content (AvgIpc) is 4.09. The summed E-state index contributed by atoms with van der Waals surface area (Å²) in [7, 11) is 0. The fourth-order valence-corrected chi connectivity index (χ4v) is 11.0. The SMILES string of the molecule is C1=Cc2c(c3ccccc3n2-c2nc(-n3c4ccccc4c4ccccc43)c(-n3c4ccccc4c4ccccc43)c(-c3cccnc3)c2-n2c3ccccc3c3ccccc32)CC1. The van der Waals surface area contributed by atoms with Gasteiger partial charge in [-0.05, 0) is 73.0 Å². The van der Waals surface area contributed by atoms with Crippen LogP contribution in [-0.2, 0) is 6.42 Å². The summed E-state index contributed by atoms with van der Waals surface area (Å²) in [6.07, 6.45) is 10.5. The van der Waals surface area contributed by atoms with E-state index in [9.17, 15) is 0 Å². The molecule has 0 spiro atoms. The van der Waals surface area contributed by atoms with Crippen LogP contribution >= 0.6 is 0 Å². The van der Waals surface area contributed by atoms with Crippen molar-refractivity contribution in [1.29, 1.82) is 0 Å². The molecule has 1 aliphatic carbocycles. The van der Waals surface area contributed by atoms with Crippen molar-refractivity contribution in [3.05, 3.63) is 212 Å². The maximum absolute atomic E-state index is 6.27. The molecule has 0 bridgehead atoms. The van der Waals surface area contributed by atoms with Gasteiger partial charge in [0.25, 0.3) is 0 Å². The van der Waals surface area contributed by atoms with Gasteiger partial charge in [0.05, 0.1) is 44.3 Å². The highest BCUT2D eigenvalue weighted by Crippen LogP contribution is 2.48. The number of pyridine rings is 2. The fraction of sp³-hybridized carbons (Fsp3) is 0.0345. The third-order valence-corrected chi connectivity index (χ3v) is 13.5. The van der Waals surface area contributed by atoms with E-state index in [1.807, 2.05) is 12.4 Å². The van der Waals surface area contributed by atoms with Crippen molar-refractivity contribution in [3.63, 3.8) is 0 Å². The smallest absolute Gasteiger partial charge is 0.165 e. The molecule has 0 unspecified atom stereocenters. The number of rotatable bonds is 5. The van der Waals surface area contributed by atoms with Crippen molar-refractivity contribution in [3.8, 4) is 34.1 Å². The van der Waals surface area contributed by atoms with Gasteiger partial charge in [0.2, 0.25) is 0 Å². The van der Waals surface area contributed by atoms with Crippen LogP contribution in [0.4, 0.5) is 0 Å². The van der Waals surface area contributed by atoms with E-state index in [1.165, 1.54) is 43.3 Å². The minimum Gasteiger partial charge on any atom is -0.305 e. The third-order valence-electron chi connectivity index (χ3n) is 13.5. The van der Waals surface area contributed by atoms with Crippen molar-refractivity contribution < 1.29 is 0 Å². The standard InChI is InChI=1S/C58H38N6/c1-9-27-46-38(19-1)39-20-2-10-28-47(39)61(46)55-54(37-18-17-35-59-36-37)56(62-48-29-11-3-21-40(48)41-22-4-12-30-49(41)62)58(64-52-33-15-7-25-44(52)45-26-8-16-34-53(45)64)60-57(55)63-50-31-13-5-23-42(50)43-24-6-14-32-51(43)63/h1-7,9-25,27-36H,8,26H2. The van der Waals surface area contributed by atoms with Crippen molar-refractivity contribution >= 4 is 82.4 Å². The largest absolute Gasteiger partial charge is 0.305 e. The molecule has 1 aliphatic rings. The molecule has 13 aromatic rings. The van der Waals surface area contributed by atoms with E-state index in [0.29, 0.717) is 0 Å². The Morgan fingerprint density at radius 1 is 0.375 bits per heavy atom. The van der Waals surface area contributed by atoms with Gasteiger partial charge < -0.3 is 9.13 Å². The topological polar surface area (TPSA) is 45.5 Å². The van der Waals surface area contributed by atoms with Gasteiger partial charge in [0, 0.05) is 61.2 Å². The Kier molecular flexibility index (Phi) is 7.42. The average molecular weight is 819 g/mol. The monoisotopic (exact) mass is 818 g/mol. The summed E-state index contributed by atoms with van der Waals surface area (Å²) >= 11 is 0. The second kappa shape index (κ2) is 13.5. The van der Waals surface area contributed by atoms with Crippen LogP contribution in [-0.4, -0.2) is 28.2 Å². The predicted molar refractivity (Wildman–Crippen MR) is 265 cm³/mol. The molecular formula is C58H38N6. The lowest BCUT2D eigenvalue weighted by Gasteiger charge is -2.27. The van der Waals surface area contributed by atoms with Gasteiger partial charge in [0.15, 0.2) is 11.6 Å². The van der Waals surface area contributed by atoms with Gasteiger partial charge in [-0.25, -0.2) is 4.98 Å². The van der Waals surface area contributed by atoms with Crippen LogP contribution in [0.25, 0.3) is 117 Å². The quantitative estimate of drug-likeness (QED) is 0.174. The van der Waals surface area contributed by atoms with E-state index >= 15 is 0 Å². The lowest BCUT2D eigenvalue weighted by atomic mass is 10.0. The maximum Gasteiger partial charge on any atom is 0.165 e. The van der Waals surface area contributed by atoms with Crippen LogP contribution in [0.3, 0.4) is 0 Å². The molecule has 0 aliphatic heterocycles. The minimum absolute atomic E-state index is 0.827. The van der Waals surface area contributed by atoms with Crippen molar-refractivity contribution in [1.82, 2.24) is 28.2 Å². The van der Waals surface area contributed by atoms with Gasteiger partial charge in [-0.3, -0.25) is 14.1 Å². The van der Waals surface area contributed by atoms with Crippen LogP contribution in [0.2, 0.25) is 0 Å². The van der Waals surface area contributed by atoms with Crippen molar-refractivity contribution in [2.75, 3.05) is 0 Å². The van der Waals surface area contributed by atoms with E-state index in [2.05, 4.69) is 212 Å². The molecule has 0 atom stereocenters. The van der Waals surface area contributed by atoms with Crippen LogP contribution < -0.4 is 0 Å². The molecule has 0 saturated carbocycles. The zero-order valence-electron chi connectivity index (χ0n) is 34.7. The summed E-state index contributed by atoms with van der Waals surface area (Å²) in [4.78, 5) is 11.2. The third kappa shape index (κ3) is 4.79. The van der Waals surface area contributed by atoms with E-state index in [1.54, 1.807) is 0 Å². The molecule has 14 rings (SSSR count). The molecule has 7 aromatic carbocycles. The highest BCUT2D eigenvalue weighted by Gasteiger charge is 2.33. The number of hydrogen-bond donors (Lipinski definition) is 0. The maximum atomic E-state index is 6.27. The number of fused-ring (bicyclic) bond motifs is 12. The highest BCUT2D eigenvalue weighted by atomic mass is 15.2. The first-order valence-electron chi connectivity index (χ1n) is 22.1. The molecule has 0 saturated heterocycles. The van der Waals surface area contributed by atoms with Crippen LogP contribution in [0, 0.1) is 0 Å². The summed E-state index contributed by atoms with van der Waals surface area (Å²) < 4.78 is 9.82. The molecule has 6 aromatic heterocycles. The van der Waals surface area contributed by atoms with E-state index in [4.69, 9.17) is 9.97 Å². The summed E-state index contributed by atoms with van der Waals surface area (Å²) in [5.74, 6) is 1.67. The van der Waals surface area contributed by atoms with Gasteiger partial charge in [-0.15, -0.1) is 0 Å². The zero-order valence-corrected chi connectivity index (χ0v) is 34.7. The van der Waals surface area contributed by atoms with Crippen molar-refractivity contribution in [2.45, 2.75) is 12.8 Å². The molecular weight excluding hydrogens is 781 g/mol. The van der Waals surface area contributed by atoms with Gasteiger partial charge in [-0.2, -0.15) is 0 Å². The van der Waals surface area contributed by atoms with Crippen molar-refractivity contribution in [2.24, 2.45) is 0 Å². The van der Waals surface area contributed by atoms with Gasteiger partial charge >= 0.3 is 0 Å².